The van der Waals surface area contributed by atoms with Gasteiger partial charge in [-0.2, -0.15) is 0 Å². The van der Waals surface area contributed by atoms with Crippen molar-refractivity contribution in [1.82, 2.24) is 4.98 Å². The number of hydrogen-bond acceptors (Lipinski definition) is 3. The summed E-state index contributed by atoms with van der Waals surface area (Å²) in [5, 5.41) is 10.4. The van der Waals surface area contributed by atoms with Gasteiger partial charge in [0.25, 0.3) is 0 Å². The van der Waals surface area contributed by atoms with Gasteiger partial charge in [0.1, 0.15) is 11.9 Å². The van der Waals surface area contributed by atoms with Crippen molar-refractivity contribution in [3.8, 4) is 5.75 Å². The van der Waals surface area contributed by atoms with Crippen LogP contribution in [0.5, 0.6) is 5.75 Å². The van der Waals surface area contributed by atoms with Crippen molar-refractivity contribution in [2.75, 3.05) is 0 Å². The normalized spacial score (nSPS) is 12.5. The number of aliphatic hydroxyl groups excluding tert-OH is 1. The lowest BCUT2D eigenvalue weighted by molar-refractivity contribution is 0.219. The Morgan fingerprint density at radius 3 is 2.00 bits per heavy atom. The first kappa shape index (κ1) is 14.5. The molecular formula is C17H21NO2. The van der Waals surface area contributed by atoms with E-state index < -0.39 is 6.10 Å². The molecule has 106 valence electrons. The fourth-order valence-corrected chi connectivity index (χ4v) is 2.22. The van der Waals surface area contributed by atoms with E-state index in [1.54, 1.807) is 0 Å². The fourth-order valence-electron chi connectivity index (χ4n) is 2.22. The number of aliphatic hydroxyl groups is 1. The van der Waals surface area contributed by atoms with Crippen LogP contribution < -0.4 is 4.74 Å². The lowest BCUT2D eigenvalue weighted by Gasteiger charge is -2.14. The molecule has 0 saturated heterocycles. The zero-order valence-corrected chi connectivity index (χ0v) is 12.4. The SMILES string of the molecule is Cc1cc(C(O)c2ccc(OC(C)C)cc2)cc(C)n1. The van der Waals surface area contributed by atoms with Gasteiger partial charge in [-0.1, -0.05) is 12.1 Å². The van der Waals surface area contributed by atoms with E-state index in [2.05, 4.69) is 4.98 Å². The molecule has 20 heavy (non-hydrogen) atoms. The van der Waals surface area contributed by atoms with Crippen molar-refractivity contribution < 1.29 is 9.84 Å². The third kappa shape index (κ3) is 3.58. The van der Waals surface area contributed by atoms with Crippen LogP contribution in [0, 0.1) is 13.8 Å². The van der Waals surface area contributed by atoms with Crippen molar-refractivity contribution in [2.24, 2.45) is 0 Å². The minimum Gasteiger partial charge on any atom is -0.491 e. The van der Waals surface area contributed by atoms with E-state index >= 15 is 0 Å². The van der Waals surface area contributed by atoms with Crippen LogP contribution in [-0.4, -0.2) is 16.2 Å². The highest BCUT2D eigenvalue weighted by molar-refractivity contribution is 5.35. The molecule has 1 aromatic heterocycles. The number of rotatable bonds is 4. The second-order valence-corrected chi connectivity index (χ2v) is 5.32. The Kier molecular flexibility index (Phi) is 4.40. The zero-order chi connectivity index (χ0) is 14.7. The first-order valence-corrected chi connectivity index (χ1v) is 6.85. The Morgan fingerprint density at radius 2 is 1.50 bits per heavy atom. The highest BCUT2D eigenvalue weighted by atomic mass is 16.5. The number of aromatic nitrogens is 1. The average Bonchev–Trinajstić information content (AvgIpc) is 2.37. The van der Waals surface area contributed by atoms with E-state index in [4.69, 9.17) is 4.74 Å². The lowest BCUT2D eigenvalue weighted by atomic mass is 10.0. The molecule has 1 unspecified atom stereocenters. The molecule has 0 amide bonds. The van der Waals surface area contributed by atoms with Crippen LogP contribution in [0.15, 0.2) is 36.4 Å². The van der Waals surface area contributed by atoms with Gasteiger partial charge in [-0.15, -0.1) is 0 Å². The predicted octanol–water partition coefficient (Wildman–Crippen LogP) is 3.57. The summed E-state index contributed by atoms with van der Waals surface area (Å²) in [5.74, 6) is 0.818. The molecule has 1 atom stereocenters. The van der Waals surface area contributed by atoms with Crippen LogP contribution in [0.25, 0.3) is 0 Å². The largest absolute Gasteiger partial charge is 0.491 e. The topological polar surface area (TPSA) is 42.4 Å². The third-order valence-electron chi connectivity index (χ3n) is 2.99. The van der Waals surface area contributed by atoms with Gasteiger partial charge in [0.15, 0.2) is 0 Å². The van der Waals surface area contributed by atoms with Gasteiger partial charge in [-0.05, 0) is 63.1 Å². The molecule has 0 radical (unpaired) electrons. The molecular weight excluding hydrogens is 250 g/mol. The van der Waals surface area contributed by atoms with Crippen LogP contribution in [0.2, 0.25) is 0 Å². The molecule has 2 aromatic rings. The molecule has 1 aromatic carbocycles. The third-order valence-corrected chi connectivity index (χ3v) is 2.99. The van der Waals surface area contributed by atoms with E-state index in [-0.39, 0.29) is 6.10 Å². The maximum Gasteiger partial charge on any atom is 0.119 e. The highest BCUT2D eigenvalue weighted by Crippen LogP contribution is 2.25. The minimum atomic E-state index is -0.636. The van der Waals surface area contributed by atoms with Gasteiger partial charge in [0.2, 0.25) is 0 Å². The minimum absolute atomic E-state index is 0.149. The number of pyridine rings is 1. The average molecular weight is 271 g/mol. The molecule has 0 fully saturated rings. The lowest BCUT2D eigenvalue weighted by Crippen LogP contribution is -2.06. The van der Waals surface area contributed by atoms with Crippen LogP contribution in [0.3, 0.4) is 0 Å². The summed E-state index contributed by atoms with van der Waals surface area (Å²) in [6.07, 6.45) is -0.486. The van der Waals surface area contributed by atoms with E-state index in [1.165, 1.54) is 0 Å². The Balaban J connectivity index is 2.22. The molecule has 3 heteroatoms. The fraction of sp³-hybridized carbons (Fsp3) is 0.353. The van der Waals surface area contributed by atoms with Gasteiger partial charge in [0, 0.05) is 11.4 Å². The quantitative estimate of drug-likeness (QED) is 0.924. The van der Waals surface area contributed by atoms with Crippen molar-refractivity contribution in [1.29, 1.82) is 0 Å². The summed E-state index contributed by atoms with van der Waals surface area (Å²) in [7, 11) is 0. The first-order chi connectivity index (χ1) is 9.45. The molecule has 0 spiro atoms. The standard InChI is InChI=1S/C17H21NO2/c1-11(2)20-16-7-5-14(6-8-16)17(19)15-9-12(3)18-13(4)10-15/h5-11,17,19H,1-4H3. The molecule has 0 aliphatic rings. The van der Waals surface area contributed by atoms with Gasteiger partial charge >= 0.3 is 0 Å². The number of benzene rings is 1. The molecule has 0 bridgehead atoms. The summed E-state index contributed by atoms with van der Waals surface area (Å²) in [6, 6.07) is 11.4. The van der Waals surface area contributed by atoms with Crippen molar-refractivity contribution in [3.63, 3.8) is 0 Å². The second kappa shape index (κ2) is 6.06. The summed E-state index contributed by atoms with van der Waals surface area (Å²) in [5.41, 5.74) is 3.55. The molecule has 1 N–H and O–H groups in total. The van der Waals surface area contributed by atoms with Crippen LogP contribution >= 0.6 is 0 Å². The molecule has 0 aliphatic carbocycles. The number of ether oxygens (including phenoxy) is 1. The van der Waals surface area contributed by atoms with Crippen LogP contribution in [0.4, 0.5) is 0 Å². The van der Waals surface area contributed by atoms with Gasteiger partial charge in [0.05, 0.1) is 6.10 Å². The molecule has 0 aliphatic heterocycles. The molecule has 0 saturated carbocycles. The molecule has 2 rings (SSSR count). The van der Waals surface area contributed by atoms with Crippen LogP contribution in [-0.2, 0) is 0 Å². The predicted molar refractivity (Wildman–Crippen MR) is 80.0 cm³/mol. The van der Waals surface area contributed by atoms with E-state index in [1.807, 2.05) is 64.1 Å². The van der Waals surface area contributed by atoms with Gasteiger partial charge in [-0.3, -0.25) is 4.98 Å². The Labute approximate surface area is 120 Å². The van der Waals surface area contributed by atoms with Gasteiger partial charge < -0.3 is 9.84 Å². The number of hydrogen-bond donors (Lipinski definition) is 1. The summed E-state index contributed by atoms with van der Waals surface area (Å²) < 4.78 is 5.60. The van der Waals surface area contributed by atoms with Crippen molar-refractivity contribution in [3.05, 3.63) is 58.9 Å². The monoisotopic (exact) mass is 271 g/mol. The Hall–Kier alpha value is -1.87. The summed E-state index contributed by atoms with van der Waals surface area (Å²) >= 11 is 0. The summed E-state index contributed by atoms with van der Waals surface area (Å²) in [6.45, 7) is 7.85. The maximum atomic E-state index is 10.4. The Bertz CT molecular complexity index is 556. The summed E-state index contributed by atoms with van der Waals surface area (Å²) in [4.78, 5) is 4.33. The van der Waals surface area contributed by atoms with E-state index in [9.17, 15) is 5.11 Å². The smallest absolute Gasteiger partial charge is 0.119 e. The van der Waals surface area contributed by atoms with Crippen LogP contribution in [0.1, 0.15) is 42.5 Å². The first-order valence-electron chi connectivity index (χ1n) is 6.85. The highest BCUT2D eigenvalue weighted by Gasteiger charge is 2.12. The van der Waals surface area contributed by atoms with Crippen molar-refractivity contribution in [2.45, 2.75) is 39.9 Å². The molecule has 1 heterocycles. The zero-order valence-electron chi connectivity index (χ0n) is 12.4. The van der Waals surface area contributed by atoms with Gasteiger partial charge in [-0.25, -0.2) is 0 Å². The number of nitrogens with zero attached hydrogens (tertiary/aromatic N) is 1. The van der Waals surface area contributed by atoms with Crippen molar-refractivity contribution >= 4 is 0 Å². The maximum absolute atomic E-state index is 10.4. The Morgan fingerprint density at radius 1 is 0.950 bits per heavy atom. The van der Waals surface area contributed by atoms with E-state index in [0.29, 0.717) is 0 Å². The van der Waals surface area contributed by atoms with E-state index in [0.717, 1.165) is 28.3 Å². The molecule has 3 nitrogen and oxygen atoms in total. The number of aryl methyl sites for hydroxylation is 2. The second-order valence-electron chi connectivity index (χ2n) is 5.32.